The predicted octanol–water partition coefficient (Wildman–Crippen LogP) is 4.50. The number of benzene rings is 2. The summed E-state index contributed by atoms with van der Waals surface area (Å²) in [6, 6.07) is 17.2. The molecule has 0 fully saturated rings. The smallest absolute Gasteiger partial charge is 0.255 e. The third-order valence-corrected chi connectivity index (χ3v) is 4.81. The van der Waals surface area contributed by atoms with Gasteiger partial charge < -0.3 is 10.6 Å². The monoisotopic (exact) mass is 429 g/mol. The van der Waals surface area contributed by atoms with Crippen LogP contribution in [0.2, 0.25) is 0 Å². The number of amides is 2. The first kappa shape index (κ1) is 20.9. The SMILES string of the molecule is CC(=O)Nc1c(-c2ccncc2)c(-c2ccc(F)cc2)nn1C.O=C1Nc2cccc1c2. The first-order valence-corrected chi connectivity index (χ1v) is 9.84. The first-order valence-electron chi connectivity index (χ1n) is 9.84. The number of pyridine rings is 1. The van der Waals surface area contributed by atoms with Gasteiger partial charge in [0.25, 0.3) is 5.91 Å². The Kier molecular flexibility index (Phi) is 5.76. The second-order valence-electron chi connectivity index (χ2n) is 7.15. The van der Waals surface area contributed by atoms with Crippen LogP contribution in [0, 0.1) is 5.82 Å². The van der Waals surface area contributed by atoms with Gasteiger partial charge in [0.2, 0.25) is 5.91 Å². The lowest BCUT2D eigenvalue weighted by Crippen LogP contribution is -2.10. The second-order valence-corrected chi connectivity index (χ2v) is 7.15. The van der Waals surface area contributed by atoms with Crippen molar-refractivity contribution in [1.29, 1.82) is 0 Å². The molecule has 0 saturated heterocycles. The average molecular weight is 429 g/mol. The number of fused-ring (bicyclic) bond motifs is 2. The highest BCUT2D eigenvalue weighted by Gasteiger charge is 2.20. The molecule has 1 aliphatic heterocycles. The fourth-order valence-electron chi connectivity index (χ4n) is 3.38. The highest BCUT2D eigenvalue weighted by Crippen LogP contribution is 2.37. The normalized spacial score (nSPS) is 11.4. The lowest BCUT2D eigenvalue weighted by molar-refractivity contribution is -0.114. The highest BCUT2D eigenvalue weighted by molar-refractivity contribution is 6.09. The second kappa shape index (κ2) is 8.81. The summed E-state index contributed by atoms with van der Waals surface area (Å²) in [6.07, 6.45) is 3.35. The molecule has 0 saturated carbocycles. The van der Waals surface area contributed by atoms with Gasteiger partial charge in [0.05, 0.1) is 5.56 Å². The number of hydrogen-bond acceptors (Lipinski definition) is 4. The number of carbonyl (C=O) groups excluding carboxylic acids is 2. The summed E-state index contributed by atoms with van der Waals surface area (Å²) < 4.78 is 14.8. The molecule has 0 spiro atoms. The molecule has 0 radical (unpaired) electrons. The topological polar surface area (TPSA) is 88.9 Å². The minimum absolute atomic E-state index is 0.00926. The van der Waals surface area contributed by atoms with E-state index in [0.29, 0.717) is 11.5 Å². The van der Waals surface area contributed by atoms with Crippen molar-refractivity contribution in [2.24, 2.45) is 7.05 Å². The summed E-state index contributed by atoms with van der Waals surface area (Å²) in [5, 5.41) is 9.99. The van der Waals surface area contributed by atoms with Gasteiger partial charge in [0.15, 0.2) is 0 Å². The molecule has 2 N–H and O–H groups in total. The Labute approximate surface area is 183 Å². The van der Waals surface area contributed by atoms with Gasteiger partial charge >= 0.3 is 0 Å². The van der Waals surface area contributed by atoms with Crippen LogP contribution in [0.5, 0.6) is 0 Å². The molecule has 4 aromatic rings. The van der Waals surface area contributed by atoms with Gasteiger partial charge in [-0.25, -0.2) is 4.39 Å². The zero-order valence-electron chi connectivity index (χ0n) is 17.5. The van der Waals surface area contributed by atoms with Crippen molar-refractivity contribution in [3.63, 3.8) is 0 Å². The van der Waals surface area contributed by atoms with Crippen molar-refractivity contribution >= 4 is 23.3 Å². The van der Waals surface area contributed by atoms with E-state index in [-0.39, 0.29) is 17.6 Å². The van der Waals surface area contributed by atoms with Crippen LogP contribution in [0.1, 0.15) is 17.3 Å². The van der Waals surface area contributed by atoms with Crippen molar-refractivity contribution in [3.05, 3.63) is 84.4 Å². The molecule has 8 heteroatoms. The van der Waals surface area contributed by atoms with E-state index in [2.05, 4.69) is 20.7 Å². The highest BCUT2D eigenvalue weighted by atomic mass is 19.1. The van der Waals surface area contributed by atoms with Gasteiger partial charge in [-0.2, -0.15) is 5.10 Å². The summed E-state index contributed by atoms with van der Waals surface area (Å²) in [5.74, 6) is 0.101. The Hall–Kier alpha value is -4.33. The average Bonchev–Trinajstić information content (AvgIpc) is 3.23. The Morgan fingerprint density at radius 1 is 1.00 bits per heavy atom. The van der Waals surface area contributed by atoms with Gasteiger partial charge in [-0.1, -0.05) is 6.07 Å². The van der Waals surface area contributed by atoms with Gasteiger partial charge in [-0.15, -0.1) is 0 Å². The van der Waals surface area contributed by atoms with Crippen molar-refractivity contribution in [1.82, 2.24) is 14.8 Å². The molecule has 2 aromatic heterocycles. The molecule has 0 aliphatic carbocycles. The molecular formula is C24H20FN5O2. The Morgan fingerprint density at radius 3 is 2.34 bits per heavy atom. The number of anilines is 2. The van der Waals surface area contributed by atoms with Crippen LogP contribution >= 0.6 is 0 Å². The van der Waals surface area contributed by atoms with E-state index in [4.69, 9.17) is 0 Å². The molecule has 1 aliphatic rings. The van der Waals surface area contributed by atoms with E-state index in [1.54, 1.807) is 42.3 Å². The molecule has 2 bridgehead atoms. The van der Waals surface area contributed by atoms with E-state index in [0.717, 1.165) is 27.9 Å². The van der Waals surface area contributed by atoms with Gasteiger partial charge in [0.1, 0.15) is 17.3 Å². The van der Waals surface area contributed by atoms with Crippen LogP contribution in [0.25, 0.3) is 22.4 Å². The standard InChI is InChI=1S/C17H15FN4O.C7H5NO/c1-11(23)20-17-15(12-7-9-19-10-8-12)16(21-22(17)2)13-3-5-14(18)6-4-13;9-7-5-2-1-3-6(4-5)8-7/h3-10H,1-2H3,(H,20,23);1-4H,(H,8,9). The Bertz CT molecular complexity index is 1280. The van der Waals surface area contributed by atoms with E-state index in [9.17, 15) is 14.0 Å². The van der Waals surface area contributed by atoms with Crippen LogP contribution in [0.4, 0.5) is 15.9 Å². The number of carbonyl (C=O) groups is 2. The molecule has 5 rings (SSSR count). The van der Waals surface area contributed by atoms with Crippen LogP contribution in [-0.4, -0.2) is 26.6 Å². The van der Waals surface area contributed by atoms with Crippen molar-refractivity contribution < 1.29 is 14.0 Å². The van der Waals surface area contributed by atoms with Crippen LogP contribution < -0.4 is 10.6 Å². The summed E-state index contributed by atoms with van der Waals surface area (Å²) in [6.45, 7) is 1.45. The number of rotatable bonds is 3. The van der Waals surface area contributed by atoms with Gasteiger partial charge in [0, 0.05) is 43.2 Å². The van der Waals surface area contributed by atoms with E-state index >= 15 is 0 Å². The quantitative estimate of drug-likeness (QED) is 0.502. The molecule has 3 heterocycles. The van der Waals surface area contributed by atoms with Crippen molar-refractivity contribution in [2.45, 2.75) is 6.92 Å². The number of nitrogens with one attached hydrogen (secondary N) is 2. The van der Waals surface area contributed by atoms with E-state index in [1.807, 2.05) is 30.3 Å². The number of halogens is 1. The molecule has 160 valence electrons. The maximum atomic E-state index is 13.2. The Morgan fingerprint density at radius 2 is 1.72 bits per heavy atom. The predicted molar refractivity (Wildman–Crippen MR) is 121 cm³/mol. The summed E-state index contributed by atoms with van der Waals surface area (Å²) in [7, 11) is 1.75. The fraction of sp³-hybridized carbons (Fsp3) is 0.0833. The van der Waals surface area contributed by atoms with Crippen LogP contribution in [-0.2, 0) is 11.8 Å². The van der Waals surface area contributed by atoms with E-state index < -0.39 is 0 Å². The number of aryl methyl sites for hydroxylation is 1. The van der Waals surface area contributed by atoms with Gasteiger partial charge in [-0.3, -0.25) is 19.3 Å². The molecule has 2 amide bonds. The molecule has 7 nitrogen and oxygen atoms in total. The third kappa shape index (κ3) is 4.39. The number of aromatic nitrogens is 3. The zero-order valence-corrected chi connectivity index (χ0v) is 17.5. The maximum Gasteiger partial charge on any atom is 0.255 e. The van der Waals surface area contributed by atoms with Crippen LogP contribution in [0.3, 0.4) is 0 Å². The molecule has 2 aromatic carbocycles. The molecule has 0 unspecified atom stereocenters. The van der Waals surface area contributed by atoms with Gasteiger partial charge in [-0.05, 0) is 60.2 Å². The summed E-state index contributed by atoms with van der Waals surface area (Å²) >= 11 is 0. The minimum Gasteiger partial charge on any atom is -0.322 e. The third-order valence-electron chi connectivity index (χ3n) is 4.81. The van der Waals surface area contributed by atoms with E-state index in [1.165, 1.54) is 19.1 Å². The largest absolute Gasteiger partial charge is 0.322 e. The minimum atomic E-state index is -0.308. The van der Waals surface area contributed by atoms with Crippen LogP contribution in [0.15, 0.2) is 73.1 Å². The van der Waals surface area contributed by atoms with Crippen molar-refractivity contribution in [3.8, 4) is 22.4 Å². The summed E-state index contributed by atoms with van der Waals surface area (Å²) in [5.41, 5.74) is 4.74. The maximum absolute atomic E-state index is 13.2. The zero-order chi connectivity index (χ0) is 22.7. The Balaban J connectivity index is 0.000000225. The summed E-state index contributed by atoms with van der Waals surface area (Å²) in [4.78, 5) is 26.3. The molecule has 0 atom stereocenters. The lowest BCUT2D eigenvalue weighted by atomic mass is 10.0. The van der Waals surface area contributed by atoms with Crippen molar-refractivity contribution in [2.75, 3.05) is 10.6 Å². The number of hydrogen-bond donors (Lipinski definition) is 2. The lowest BCUT2D eigenvalue weighted by Gasteiger charge is -2.08. The fourth-order valence-corrected chi connectivity index (χ4v) is 3.38. The number of nitrogens with zero attached hydrogens (tertiary/aromatic N) is 3. The first-order chi connectivity index (χ1) is 15.4. The molecular weight excluding hydrogens is 409 g/mol. The molecule has 32 heavy (non-hydrogen) atoms.